The molecule has 0 saturated carbocycles. The average Bonchev–Trinajstić information content (AvgIpc) is 2.80. The second-order valence-corrected chi connectivity index (χ2v) is 7.84. The third-order valence-corrected chi connectivity index (χ3v) is 5.10. The number of carbonyl (C=O) groups excluding carboxylic acids is 2. The number of hydrogen-bond donors (Lipinski definition) is 1. The molecule has 0 fully saturated rings. The topological polar surface area (TPSA) is 122 Å². The number of anilines is 1. The Morgan fingerprint density at radius 3 is 2.36 bits per heavy atom. The van der Waals surface area contributed by atoms with Gasteiger partial charge in [-0.05, 0) is 60.2 Å². The van der Waals surface area contributed by atoms with E-state index in [9.17, 15) is 25.0 Å². The molecule has 0 heterocycles. The molecule has 3 rings (SSSR count). The lowest BCUT2D eigenvalue weighted by molar-refractivity contribution is -0.384. The van der Waals surface area contributed by atoms with Gasteiger partial charge < -0.3 is 10.1 Å². The number of nitrogens with zero attached hydrogens (tertiary/aromatic N) is 2. The van der Waals surface area contributed by atoms with Crippen LogP contribution in [-0.4, -0.2) is 16.8 Å². The van der Waals surface area contributed by atoms with Crippen LogP contribution in [0.25, 0.3) is 6.08 Å². The number of esters is 1. The lowest BCUT2D eigenvalue weighted by Crippen LogP contribution is -2.13. The van der Waals surface area contributed by atoms with Gasteiger partial charge in [0, 0.05) is 16.2 Å². The van der Waals surface area contributed by atoms with Gasteiger partial charge in [-0.3, -0.25) is 14.9 Å². The van der Waals surface area contributed by atoms with Crippen LogP contribution in [0, 0.1) is 21.4 Å². The van der Waals surface area contributed by atoms with E-state index in [4.69, 9.17) is 16.3 Å². The number of nitrogens with one attached hydrogen (secondary N) is 1. The van der Waals surface area contributed by atoms with E-state index in [-0.39, 0.29) is 27.7 Å². The van der Waals surface area contributed by atoms with Crippen molar-refractivity contribution in [1.29, 1.82) is 5.26 Å². The summed E-state index contributed by atoms with van der Waals surface area (Å²) in [4.78, 5) is 34.9. The SMILES string of the molecule is N#C/C(=C\c1ccc(OC(=O)c2ccc(Br)cc2)cc1)C(=O)Nc1ccc(Cl)c([N+](=O)[O-])c1. The lowest BCUT2D eigenvalue weighted by Gasteiger charge is -2.06. The van der Waals surface area contributed by atoms with E-state index in [0.717, 1.165) is 10.5 Å². The van der Waals surface area contributed by atoms with E-state index < -0.39 is 16.8 Å². The van der Waals surface area contributed by atoms with Gasteiger partial charge in [0.2, 0.25) is 0 Å². The maximum atomic E-state index is 12.4. The molecule has 1 N–H and O–H groups in total. The predicted octanol–water partition coefficient (Wildman–Crippen LogP) is 5.78. The van der Waals surface area contributed by atoms with Crippen molar-refractivity contribution in [2.24, 2.45) is 0 Å². The second-order valence-electron chi connectivity index (χ2n) is 6.51. The van der Waals surface area contributed by atoms with Crippen LogP contribution in [0.3, 0.4) is 0 Å². The van der Waals surface area contributed by atoms with E-state index >= 15 is 0 Å². The Hall–Kier alpha value is -4.00. The maximum absolute atomic E-state index is 12.4. The van der Waals surface area contributed by atoms with Crippen molar-refractivity contribution in [2.75, 3.05) is 5.32 Å². The summed E-state index contributed by atoms with van der Waals surface area (Å²) in [6.45, 7) is 0. The van der Waals surface area contributed by atoms with Gasteiger partial charge in [0.05, 0.1) is 10.5 Å². The zero-order valence-corrected chi connectivity index (χ0v) is 19.0. The van der Waals surface area contributed by atoms with Crippen LogP contribution in [0.2, 0.25) is 5.02 Å². The van der Waals surface area contributed by atoms with Gasteiger partial charge >= 0.3 is 5.97 Å². The summed E-state index contributed by atoms with van der Waals surface area (Å²) < 4.78 is 6.14. The zero-order chi connectivity index (χ0) is 24.0. The molecule has 8 nitrogen and oxygen atoms in total. The summed E-state index contributed by atoms with van der Waals surface area (Å²) in [6, 6.07) is 18.4. The third-order valence-electron chi connectivity index (χ3n) is 4.25. The summed E-state index contributed by atoms with van der Waals surface area (Å²) >= 11 is 9.05. The van der Waals surface area contributed by atoms with Crippen molar-refractivity contribution in [1.82, 2.24) is 0 Å². The van der Waals surface area contributed by atoms with Gasteiger partial charge in [0.1, 0.15) is 22.4 Å². The fraction of sp³-hybridized carbons (Fsp3) is 0. The highest BCUT2D eigenvalue weighted by Gasteiger charge is 2.16. The number of nitro benzene ring substituents is 1. The Bertz CT molecular complexity index is 1300. The van der Waals surface area contributed by atoms with E-state index in [1.807, 2.05) is 0 Å². The largest absolute Gasteiger partial charge is 0.423 e. The molecular formula is C23H13BrClN3O5. The van der Waals surface area contributed by atoms with Crippen molar-refractivity contribution in [3.05, 3.63) is 103 Å². The summed E-state index contributed by atoms with van der Waals surface area (Å²) in [5.74, 6) is -0.990. The van der Waals surface area contributed by atoms with E-state index in [1.165, 1.54) is 30.3 Å². The fourth-order valence-corrected chi connectivity index (χ4v) is 3.08. The first-order valence-corrected chi connectivity index (χ1v) is 10.4. The second kappa shape index (κ2) is 10.5. The molecule has 0 aromatic heterocycles. The number of amides is 1. The Kier molecular flexibility index (Phi) is 7.56. The summed E-state index contributed by atoms with van der Waals surface area (Å²) in [6.07, 6.45) is 1.33. The van der Waals surface area contributed by atoms with E-state index in [1.54, 1.807) is 42.5 Å². The molecule has 0 saturated heterocycles. The quantitative estimate of drug-likeness (QED) is 0.109. The number of nitro groups is 1. The summed E-state index contributed by atoms with van der Waals surface area (Å²) in [5.41, 5.74) is 0.408. The number of halogens is 2. The maximum Gasteiger partial charge on any atom is 0.343 e. The van der Waals surface area contributed by atoms with E-state index in [0.29, 0.717) is 11.1 Å². The summed E-state index contributed by atoms with van der Waals surface area (Å²) in [7, 11) is 0. The molecule has 1 amide bonds. The number of carbonyl (C=O) groups is 2. The van der Waals surface area contributed by atoms with Crippen LogP contribution in [0.4, 0.5) is 11.4 Å². The minimum atomic E-state index is -0.750. The molecule has 10 heteroatoms. The van der Waals surface area contributed by atoms with Gasteiger partial charge in [0.25, 0.3) is 11.6 Å². The molecule has 0 bridgehead atoms. The highest BCUT2D eigenvalue weighted by molar-refractivity contribution is 9.10. The van der Waals surface area contributed by atoms with Crippen LogP contribution >= 0.6 is 27.5 Å². The Morgan fingerprint density at radius 1 is 1.09 bits per heavy atom. The lowest BCUT2D eigenvalue weighted by atomic mass is 10.1. The van der Waals surface area contributed by atoms with Crippen LogP contribution in [0.5, 0.6) is 5.75 Å². The smallest absolute Gasteiger partial charge is 0.343 e. The molecule has 164 valence electrons. The highest BCUT2D eigenvalue weighted by Crippen LogP contribution is 2.27. The molecule has 0 aliphatic rings. The van der Waals surface area contributed by atoms with Crippen LogP contribution in [0.1, 0.15) is 15.9 Å². The molecule has 0 aliphatic heterocycles. The molecule has 0 aliphatic carbocycles. The monoisotopic (exact) mass is 525 g/mol. The molecule has 0 radical (unpaired) electrons. The average molecular weight is 527 g/mol. The van der Waals surface area contributed by atoms with Crippen molar-refractivity contribution in [3.63, 3.8) is 0 Å². The zero-order valence-electron chi connectivity index (χ0n) is 16.6. The minimum absolute atomic E-state index is 0.0741. The molecule has 0 unspecified atom stereocenters. The highest BCUT2D eigenvalue weighted by atomic mass is 79.9. The number of ether oxygens (including phenoxy) is 1. The van der Waals surface area contributed by atoms with Crippen molar-refractivity contribution in [2.45, 2.75) is 0 Å². The van der Waals surface area contributed by atoms with Gasteiger partial charge in [-0.1, -0.05) is 39.7 Å². The molecule has 0 atom stereocenters. The number of nitriles is 1. The van der Waals surface area contributed by atoms with Gasteiger partial charge in [0.15, 0.2) is 0 Å². The van der Waals surface area contributed by atoms with Gasteiger partial charge in [-0.25, -0.2) is 4.79 Å². The number of rotatable bonds is 6. The Labute approximate surface area is 201 Å². The number of hydrogen-bond acceptors (Lipinski definition) is 6. The fourth-order valence-electron chi connectivity index (χ4n) is 2.63. The van der Waals surface area contributed by atoms with Crippen molar-refractivity contribution < 1.29 is 19.2 Å². The molecule has 3 aromatic carbocycles. The molecular weight excluding hydrogens is 514 g/mol. The first-order valence-electron chi connectivity index (χ1n) is 9.21. The Balaban J connectivity index is 1.70. The standard InChI is InChI=1S/C23H13BrClN3O5/c24-17-5-3-15(4-6-17)23(30)33-19-8-1-14(2-9-19)11-16(13-26)22(29)27-18-7-10-20(25)21(12-18)28(31)32/h1-12H,(H,27,29)/b16-11+. The predicted molar refractivity (Wildman–Crippen MR) is 126 cm³/mol. The van der Waals surface area contributed by atoms with Crippen molar-refractivity contribution in [3.8, 4) is 11.8 Å². The van der Waals surface area contributed by atoms with Gasteiger partial charge in [-0.15, -0.1) is 0 Å². The van der Waals surface area contributed by atoms with Crippen molar-refractivity contribution >= 4 is 56.9 Å². The van der Waals surface area contributed by atoms with Gasteiger partial charge in [-0.2, -0.15) is 5.26 Å². The molecule has 0 spiro atoms. The summed E-state index contributed by atoms with van der Waals surface area (Å²) in [5, 5.41) is 22.7. The first-order chi connectivity index (χ1) is 15.8. The minimum Gasteiger partial charge on any atom is -0.423 e. The van der Waals surface area contributed by atoms with Crippen LogP contribution in [0.15, 0.2) is 76.8 Å². The number of benzene rings is 3. The van der Waals surface area contributed by atoms with Crippen LogP contribution in [-0.2, 0) is 4.79 Å². The first kappa shape index (κ1) is 23.7. The normalized spacial score (nSPS) is 10.8. The third kappa shape index (κ3) is 6.26. The van der Waals surface area contributed by atoms with E-state index in [2.05, 4.69) is 21.2 Å². The molecule has 33 heavy (non-hydrogen) atoms. The van der Waals surface area contributed by atoms with Crippen LogP contribution < -0.4 is 10.1 Å². The Morgan fingerprint density at radius 2 is 1.76 bits per heavy atom. The molecule has 3 aromatic rings.